The Balaban J connectivity index is 1.68. The predicted molar refractivity (Wildman–Crippen MR) is 104 cm³/mol. The van der Waals surface area contributed by atoms with Crippen LogP contribution in [0.4, 0.5) is 0 Å². The summed E-state index contributed by atoms with van der Waals surface area (Å²) in [5.74, 6) is 0.938. The molecule has 0 bridgehead atoms. The lowest BCUT2D eigenvalue weighted by molar-refractivity contribution is 0.0597. The number of H-pyrrole nitrogens is 1. The molecule has 0 saturated heterocycles. The number of carbonyl (C=O) groups excluding carboxylic acids is 1. The van der Waals surface area contributed by atoms with Crippen molar-refractivity contribution in [3.63, 3.8) is 0 Å². The van der Waals surface area contributed by atoms with Crippen LogP contribution in [0.3, 0.4) is 0 Å². The van der Waals surface area contributed by atoms with Crippen molar-refractivity contribution < 1.29 is 14.3 Å². The van der Waals surface area contributed by atoms with Gasteiger partial charge in [-0.3, -0.25) is 0 Å². The van der Waals surface area contributed by atoms with Crippen LogP contribution in [0.2, 0.25) is 0 Å². The standard InChI is InChI=1S/C21H23N3O3/c1-14(20-23-13-18(24-20)16-7-5-4-6-8-16)22-12-15-9-10-19(26-2)17(11-15)21(25)27-3/h4-11,13-14,22H,12H2,1-3H3,(H,23,24)/t14-/m1/s1. The van der Waals surface area contributed by atoms with Crippen LogP contribution in [0.25, 0.3) is 11.3 Å². The molecule has 0 radical (unpaired) electrons. The SMILES string of the molecule is COC(=O)c1cc(CN[C@H](C)c2ncc(-c3ccccc3)[nH]2)ccc1OC. The Morgan fingerprint density at radius 3 is 2.67 bits per heavy atom. The molecule has 3 aromatic rings. The van der Waals surface area contributed by atoms with Crippen LogP contribution in [-0.4, -0.2) is 30.2 Å². The molecule has 1 aromatic heterocycles. The number of nitrogens with zero attached hydrogens (tertiary/aromatic N) is 1. The summed E-state index contributed by atoms with van der Waals surface area (Å²) < 4.78 is 10.0. The van der Waals surface area contributed by atoms with Gasteiger partial charge in [0.1, 0.15) is 17.1 Å². The molecule has 0 amide bonds. The molecular weight excluding hydrogens is 342 g/mol. The van der Waals surface area contributed by atoms with Gasteiger partial charge in [-0.15, -0.1) is 0 Å². The number of benzene rings is 2. The molecule has 6 heteroatoms. The maximum absolute atomic E-state index is 11.9. The van der Waals surface area contributed by atoms with Crippen molar-refractivity contribution in [2.75, 3.05) is 14.2 Å². The van der Waals surface area contributed by atoms with Crippen LogP contribution >= 0.6 is 0 Å². The number of carbonyl (C=O) groups is 1. The number of aromatic nitrogens is 2. The van der Waals surface area contributed by atoms with Gasteiger partial charge in [-0.05, 0) is 30.2 Å². The maximum atomic E-state index is 11.9. The lowest BCUT2D eigenvalue weighted by Gasteiger charge is -2.13. The largest absolute Gasteiger partial charge is 0.496 e. The highest BCUT2D eigenvalue weighted by Gasteiger charge is 2.15. The summed E-state index contributed by atoms with van der Waals surface area (Å²) in [4.78, 5) is 19.7. The van der Waals surface area contributed by atoms with Gasteiger partial charge in [0.15, 0.2) is 0 Å². The highest BCUT2D eigenvalue weighted by atomic mass is 16.5. The fourth-order valence-electron chi connectivity index (χ4n) is 2.82. The number of imidazole rings is 1. The van der Waals surface area contributed by atoms with Gasteiger partial charge in [-0.1, -0.05) is 36.4 Å². The smallest absolute Gasteiger partial charge is 0.341 e. The van der Waals surface area contributed by atoms with E-state index in [9.17, 15) is 4.79 Å². The molecule has 140 valence electrons. The molecule has 1 heterocycles. The van der Waals surface area contributed by atoms with Crippen molar-refractivity contribution in [3.05, 3.63) is 71.7 Å². The Bertz CT molecular complexity index is 906. The Morgan fingerprint density at radius 2 is 1.96 bits per heavy atom. The number of hydrogen-bond acceptors (Lipinski definition) is 5. The van der Waals surface area contributed by atoms with Gasteiger partial charge in [-0.25, -0.2) is 9.78 Å². The molecule has 0 fully saturated rings. The number of ether oxygens (including phenoxy) is 2. The van der Waals surface area contributed by atoms with E-state index in [0.29, 0.717) is 17.9 Å². The Labute approximate surface area is 158 Å². The van der Waals surface area contributed by atoms with E-state index < -0.39 is 5.97 Å². The molecule has 6 nitrogen and oxygen atoms in total. The van der Waals surface area contributed by atoms with Gasteiger partial charge in [0, 0.05) is 6.54 Å². The van der Waals surface area contributed by atoms with Crippen molar-refractivity contribution in [1.29, 1.82) is 0 Å². The number of rotatable bonds is 7. The second-order valence-electron chi connectivity index (χ2n) is 6.18. The number of hydrogen-bond donors (Lipinski definition) is 2. The molecule has 2 N–H and O–H groups in total. The minimum Gasteiger partial charge on any atom is -0.496 e. The monoisotopic (exact) mass is 365 g/mol. The number of aromatic amines is 1. The average molecular weight is 365 g/mol. The first-order valence-corrected chi connectivity index (χ1v) is 8.71. The zero-order chi connectivity index (χ0) is 19.2. The molecule has 0 aliphatic heterocycles. The first-order valence-electron chi connectivity index (χ1n) is 8.71. The quantitative estimate of drug-likeness (QED) is 0.624. The Kier molecular flexibility index (Phi) is 5.88. The van der Waals surface area contributed by atoms with E-state index in [1.807, 2.05) is 49.5 Å². The van der Waals surface area contributed by atoms with E-state index in [1.54, 1.807) is 12.1 Å². The van der Waals surface area contributed by atoms with Gasteiger partial charge in [0.25, 0.3) is 0 Å². The third-order valence-corrected chi connectivity index (χ3v) is 4.37. The van der Waals surface area contributed by atoms with Crippen molar-refractivity contribution in [2.45, 2.75) is 19.5 Å². The summed E-state index contributed by atoms with van der Waals surface area (Å²) in [7, 11) is 2.89. The maximum Gasteiger partial charge on any atom is 0.341 e. The van der Waals surface area contributed by atoms with Crippen molar-refractivity contribution in [3.8, 4) is 17.0 Å². The lowest BCUT2D eigenvalue weighted by Crippen LogP contribution is -2.19. The predicted octanol–water partition coefficient (Wildman–Crippen LogP) is 3.72. The number of esters is 1. The molecule has 27 heavy (non-hydrogen) atoms. The number of methoxy groups -OCH3 is 2. The van der Waals surface area contributed by atoms with Crippen molar-refractivity contribution >= 4 is 5.97 Å². The molecule has 1 atom stereocenters. The summed E-state index contributed by atoms with van der Waals surface area (Å²) in [6.45, 7) is 2.62. The van der Waals surface area contributed by atoms with Crippen LogP contribution in [-0.2, 0) is 11.3 Å². The van der Waals surface area contributed by atoms with Gasteiger partial charge in [0.05, 0.1) is 32.2 Å². The van der Waals surface area contributed by atoms with E-state index in [0.717, 1.165) is 22.6 Å². The molecule has 2 aromatic carbocycles. The second kappa shape index (κ2) is 8.51. The molecule has 3 rings (SSSR count). The zero-order valence-electron chi connectivity index (χ0n) is 15.7. The Hall–Kier alpha value is -3.12. The highest BCUT2D eigenvalue weighted by Crippen LogP contribution is 2.22. The molecule has 0 saturated carbocycles. The van der Waals surface area contributed by atoms with Crippen LogP contribution < -0.4 is 10.1 Å². The molecule has 0 aliphatic carbocycles. The molecule has 0 aliphatic rings. The third-order valence-electron chi connectivity index (χ3n) is 4.37. The summed E-state index contributed by atoms with van der Waals surface area (Å²) >= 11 is 0. The topological polar surface area (TPSA) is 76.2 Å². The summed E-state index contributed by atoms with van der Waals surface area (Å²) in [5, 5.41) is 3.41. The van der Waals surface area contributed by atoms with Crippen LogP contribution in [0, 0.1) is 0 Å². The van der Waals surface area contributed by atoms with Crippen LogP contribution in [0.15, 0.2) is 54.7 Å². The third kappa shape index (κ3) is 4.35. The molecule has 0 spiro atoms. The first kappa shape index (κ1) is 18.7. The van der Waals surface area contributed by atoms with E-state index in [-0.39, 0.29) is 6.04 Å². The molecular formula is C21H23N3O3. The van der Waals surface area contributed by atoms with Gasteiger partial charge < -0.3 is 19.8 Å². The van der Waals surface area contributed by atoms with Gasteiger partial charge in [-0.2, -0.15) is 0 Å². The van der Waals surface area contributed by atoms with Crippen molar-refractivity contribution in [1.82, 2.24) is 15.3 Å². The minimum absolute atomic E-state index is 0.0196. The lowest BCUT2D eigenvalue weighted by atomic mass is 10.1. The average Bonchev–Trinajstić information content (AvgIpc) is 3.22. The zero-order valence-corrected chi connectivity index (χ0v) is 15.7. The summed E-state index contributed by atoms with van der Waals surface area (Å²) in [6.07, 6.45) is 1.84. The van der Waals surface area contributed by atoms with Crippen molar-refractivity contribution in [2.24, 2.45) is 0 Å². The van der Waals surface area contributed by atoms with E-state index in [1.165, 1.54) is 14.2 Å². The number of nitrogens with one attached hydrogen (secondary N) is 2. The van der Waals surface area contributed by atoms with Gasteiger partial charge in [0.2, 0.25) is 0 Å². The van der Waals surface area contributed by atoms with E-state index in [4.69, 9.17) is 9.47 Å². The normalized spacial score (nSPS) is 11.8. The van der Waals surface area contributed by atoms with E-state index >= 15 is 0 Å². The fraction of sp³-hybridized carbons (Fsp3) is 0.238. The minimum atomic E-state index is -0.416. The summed E-state index contributed by atoms with van der Waals surface area (Å²) in [6, 6.07) is 15.6. The van der Waals surface area contributed by atoms with Crippen LogP contribution in [0.1, 0.15) is 34.7 Å². The second-order valence-corrected chi connectivity index (χ2v) is 6.18. The summed E-state index contributed by atoms with van der Waals surface area (Å²) in [5.41, 5.74) is 3.45. The van der Waals surface area contributed by atoms with Crippen LogP contribution in [0.5, 0.6) is 5.75 Å². The first-order chi connectivity index (χ1) is 13.1. The fourth-order valence-corrected chi connectivity index (χ4v) is 2.82. The Morgan fingerprint density at radius 1 is 1.19 bits per heavy atom. The highest BCUT2D eigenvalue weighted by molar-refractivity contribution is 5.92. The van der Waals surface area contributed by atoms with Gasteiger partial charge >= 0.3 is 5.97 Å². The molecule has 0 unspecified atom stereocenters. The van der Waals surface area contributed by atoms with E-state index in [2.05, 4.69) is 15.3 Å².